The molecule has 1 aliphatic rings. The van der Waals surface area contributed by atoms with Crippen molar-refractivity contribution in [2.24, 2.45) is 0 Å². The monoisotopic (exact) mass is 287 g/mol. The van der Waals surface area contributed by atoms with Gasteiger partial charge in [-0.15, -0.1) is 0 Å². The zero-order valence-corrected chi connectivity index (χ0v) is 12.2. The molecule has 0 amide bonds. The van der Waals surface area contributed by atoms with Gasteiger partial charge in [0.05, 0.1) is 12.8 Å². The van der Waals surface area contributed by atoms with Gasteiger partial charge in [0, 0.05) is 11.1 Å². The SMILES string of the molecule is COc1ccccc1NC1CC(c2cccc(Cl)c2)C1. The van der Waals surface area contributed by atoms with Crippen LogP contribution < -0.4 is 10.1 Å². The Morgan fingerprint density at radius 3 is 2.65 bits per heavy atom. The fraction of sp³-hybridized carbons (Fsp3) is 0.294. The molecule has 0 heterocycles. The second kappa shape index (κ2) is 5.76. The third kappa shape index (κ3) is 2.75. The van der Waals surface area contributed by atoms with Crippen LogP contribution in [-0.2, 0) is 0 Å². The summed E-state index contributed by atoms with van der Waals surface area (Å²) < 4.78 is 5.36. The fourth-order valence-corrected chi connectivity index (χ4v) is 2.95. The van der Waals surface area contributed by atoms with Gasteiger partial charge in [0.1, 0.15) is 5.75 Å². The zero-order chi connectivity index (χ0) is 13.9. The Kier molecular flexibility index (Phi) is 3.83. The highest BCUT2D eigenvalue weighted by Gasteiger charge is 2.30. The summed E-state index contributed by atoms with van der Waals surface area (Å²) in [5, 5.41) is 4.38. The second-order valence-electron chi connectivity index (χ2n) is 5.26. The van der Waals surface area contributed by atoms with Gasteiger partial charge < -0.3 is 10.1 Å². The molecule has 0 radical (unpaired) electrons. The number of hydrogen-bond acceptors (Lipinski definition) is 2. The van der Waals surface area contributed by atoms with Crippen molar-refractivity contribution in [3.8, 4) is 5.75 Å². The Balaban J connectivity index is 1.61. The third-order valence-corrected chi connectivity index (χ3v) is 4.16. The molecule has 0 spiro atoms. The van der Waals surface area contributed by atoms with Gasteiger partial charge in [0.25, 0.3) is 0 Å². The van der Waals surface area contributed by atoms with Crippen molar-refractivity contribution in [1.82, 2.24) is 0 Å². The van der Waals surface area contributed by atoms with Crippen LogP contribution in [0.3, 0.4) is 0 Å². The van der Waals surface area contributed by atoms with Crippen molar-refractivity contribution in [2.45, 2.75) is 24.8 Å². The Bertz CT molecular complexity index is 593. The van der Waals surface area contributed by atoms with Gasteiger partial charge in [-0.25, -0.2) is 0 Å². The number of hydrogen-bond donors (Lipinski definition) is 1. The number of anilines is 1. The lowest BCUT2D eigenvalue weighted by Gasteiger charge is -2.37. The minimum Gasteiger partial charge on any atom is -0.495 e. The third-order valence-electron chi connectivity index (χ3n) is 3.92. The topological polar surface area (TPSA) is 21.3 Å². The number of halogens is 1. The first-order valence-corrected chi connectivity index (χ1v) is 7.29. The molecule has 3 heteroatoms. The number of ether oxygens (including phenoxy) is 1. The molecule has 1 saturated carbocycles. The number of methoxy groups -OCH3 is 1. The molecule has 0 aliphatic heterocycles. The van der Waals surface area contributed by atoms with Crippen molar-refractivity contribution in [2.75, 3.05) is 12.4 Å². The molecule has 20 heavy (non-hydrogen) atoms. The maximum atomic E-state index is 6.04. The molecular formula is C17H18ClNO. The molecule has 0 aromatic heterocycles. The summed E-state index contributed by atoms with van der Waals surface area (Å²) in [6.07, 6.45) is 2.27. The number of benzene rings is 2. The summed E-state index contributed by atoms with van der Waals surface area (Å²) in [6.45, 7) is 0. The molecule has 0 bridgehead atoms. The van der Waals surface area contributed by atoms with Gasteiger partial charge in [-0.2, -0.15) is 0 Å². The molecule has 1 fully saturated rings. The van der Waals surface area contributed by atoms with Crippen LogP contribution in [0.15, 0.2) is 48.5 Å². The Hall–Kier alpha value is -1.67. The molecule has 1 aliphatic carbocycles. The standard InChI is InChI=1S/C17H18ClNO/c1-20-17-8-3-2-7-16(17)19-15-10-13(11-15)12-5-4-6-14(18)9-12/h2-9,13,15,19H,10-11H2,1H3. The van der Waals surface area contributed by atoms with Crippen LogP contribution in [0.5, 0.6) is 5.75 Å². The van der Waals surface area contributed by atoms with E-state index in [0.29, 0.717) is 12.0 Å². The van der Waals surface area contributed by atoms with E-state index < -0.39 is 0 Å². The van der Waals surface area contributed by atoms with E-state index in [0.717, 1.165) is 29.3 Å². The molecule has 1 N–H and O–H groups in total. The summed E-state index contributed by atoms with van der Waals surface area (Å²) in [6, 6.07) is 16.8. The van der Waals surface area contributed by atoms with Crippen molar-refractivity contribution >= 4 is 17.3 Å². The van der Waals surface area contributed by atoms with E-state index in [-0.39, 0.29) is 0 Å². The van der Waals surface area contributed by atoms with E-state index >= 15 is 0 Å². The summed E-state index contributed by atoms with van der Waals surface area (Å²) >= 11 is 6.04. The van der Waals surface area contributed by atoms with E-state index in [2.05, 4.69) is 23.5 Å². The van der Waals surface area contributed by atoms with Crippen molar-refractivity contribution < 1.29 is 4.74 Å². The van der Waals surface area contributed by atoms with Gasteiger partial charge in [0.2, 0.25) is 0 Å². The first kappa shape index (κ1) is 13.3. The van der Waals surface area contributed by atoms with Crippen molar-refractivity contribution in [1.29, 1.82) is 0 Å². The van der Waals surface area contributed by atoms with E-state index in [9.17, 15) is 0 Å². The molecule has 2 aromatic rings. The van der Waals surface area contributed by atoms with E-state index in [1.807, 2.05) is 30.3 Å². The molecule has 0 saturated heterocycles. The maximum absolute atomic E-state index is 6.04. The lowest BCUT2D eigenvalue weighted by molar-refractivity contribution is 0.370. The highest BCUT2D eigenvalue weighted by Crippen LogP contribution is 2.40. The van der Waals surface area contributed by atoms with E-state index in [4.69, 9.17) is 16.3 Å². The summed E-state index contributed by atoms with van der Waals surface area (Å²) in [4.78, 5) is 0. The zero-order valence-electron chi connectivity index (χ0n) is 11.5. The average molecular weight is 288 g/mol. The lowest BCUT2D eigenvalue weighted by atomic mass is 9.76. The summed E-state index contributed by atoms with van der Waals surface area (Å²) in [5.41, 5.74) is 2.42. The van der Waals surface area contributed by atoms with Gasteiger partial charge in [-0.05, 0) is 48.6 Å². The molecule has 104 valence electrons. The Morgan fingerprint density at radius 1 is 1.10 bits per heavy atom. The van der Waals surface area contributed by atoms with Crippen LogP contribution in [-0.4, -0.2) is 13.2 Å². The first-order valence-electron chi connectivity index (χ1n) is 6.91. The van der Waals surface area contributed by atoms with Gasteiger partial charge in [0.15, 0.2) is 0 Å². The lowest BCUT2D eigenvalue weighted by Crippen LogP contribution is -2.34. The first-order chi connectivity index (χ1) is 9.76. The van der Waals surface area contributed by atoms with Crippen molar-refractivity contribution in [3.05, 3.63) is 59.1 Å². The maximum Gasteiger partial charge on any atom is 0.141 e. The van der Waals surface area contributed by atoms with Crippen LogP contribution in [0.2, 0.25) is 5.02 Å². The Labute approximate surface area is 124 Å². The summed E-state index contributed by atoms with van der Waals surface area (Å²) in [5.74, 6) is 1.51. The van der Waals surface area contributed by atoms with Gasteiger partial charge in [-0.3, -0.25) is 0 Å². The number of rotatable bonds is 4. The van der Waals surface area contributed by atoms with Crippen molar-refractivity contribution in [3.63, 3.8) is 0 Å². The second-order valence-corrected chi connectivity index (χ2v) is 5.70. The molecule has 2 nitrogen and oxygen atoms in total. The van der Waals surface area contributed by atoms with E-state index in [1.165, 1.54) is 5.56 Å². The minimum absolute atomic E-state index is 0.510. The predicted molar refractivity (Wildman–Crippen MR) is 83.8 cm³/mol. The number of nitrogens with one attached hydrogen (secondary N) is 1. The highest BCUT2D eigenvalue weighted by atomic mass is 35.5. The molecule has 0 unspecified atom stereocenters. The molecule has 0 atom stereocenters. The van der Waals surface area contributed by atoms with Gasteiger partial charge >= 0.3 is 0 Å². The summed E-state index contributed by atoms with van der Waals surface area (Å²) in [7, 11) is 1.70. The number of para-hydroxylation sites is 2. The highest BCUT2D eigenvalue weighted by molar-refractivity contribution is 6.30. The quantitative estimate of drug-likeness (QED) is 0.879. The smallest absolute Gasteiger partial charge is 0.141 e. The molecular weight excluding hydrogens is 270 g/mol. The van der Waals surface area contributed by atoms with Crippen LogP contribution in [0.4, 0.5) is 5.69 Å². The van der Waals surface area contributed by atoms with Crippen LogP contribution in [0, 0.1) is 0 Å². The normalized spacial score (nSPS) is 21.1. The van der Waals surface area contributed by atoms with Gasteiger partial charge in [-0.1, -0.05) is 35.9 Å². The molecule has 2 aromatic carbocycles. The largest absolute Gasteiger partial charge is 0.495 e. The van der Waals surface area contributed by atoms with E-state index in [1.54, 1.807) is 7.11 Å². The van der Waals surface area contributed by atoms with Crippen LogP contribution in [0.25, 0.3) is 0 Å². The minimum atomic E-state index is 0.510. The van der Waals surface area contributed by atoms with Crippen LogP contribution in [0.1, 0.15) is 24.3 Å². The Morgan fingerprint density at radius 2 is 1.90 bits per heavy atom. The average Bonchev–Trinajstić information content (AvgIpc) is 2.42. The fourth-order valence-electron chi connectivity index (χ4n) is 2.75. The van der Waals surface area contributed by atoms with Crippen LogP contribution >= 0.6 is 11.6 Å². The predicted octanol–water partition coefficient (Wildman–Crippen LogP) is 4.71. The molecule has 3 rings (SSSR count).